The fraction of sp³-hybridized carbons (Fsp3) is 0.231. The van der Waals surface area contributed by atoms with Crippen molar-refractivity contribution >= 4 is 34.2 Å². The molecule has 0 atom stereocenters. The molecule has 7 heteroatoms. The minimum Gasteiger partial charge on any atom is -0.493 e. The van der Waals surface area contributed by atoms with Crippen LogP contribution in [0.4, 0.5) is 0 Å². The first-order chi connectivity index (χ1) is 9.56. The number of halogens is 2. The Kier molecular flexibility index (Phi) is 4.87. The van der Waals surface area contributed by atoms with Gasteiger partial charge in [-0.3, -0.25) is 9.36 Å². The van der Waals surface area contributed by atoms with Gasteiger partial charge in [-0.1, -0.05) is 17.7 Å². The van der Waals surface area contributed by atoms with Crippen LogP contribution in [0.3, 0.4) is 0 Å². The molecular weight excluding hydrogens is 395 g/mol. The van der Waals surface area contributed by atoms with Crippen LogP contribution >= 0.6 is 34.2 Å². The number of hydrogen-bond donors (Lipinski definition) is 0. The van der Waals surface area contributed by atoms with Gasteiger partial charge in [0.1, 0.15) is 8.72 Å². The second-order valence-corrected chi connectivity index (χ2v) is 5.41. The normalized spacial score (nSPS) is 10.4. The fourth-order valence-corrected chi connectivity index (χ4v) is 2.31. The highest BCUT2D eigenvalue weighted by Crippen LogP contribution is 2.27. The number of methoxy groups -OCH3 is 2. The van der Waals surface area contributed by atoms with E-state index in [0.717, 1.165) is 5.56 Å². The predicted molar refractivity (Wildman–Crippen MR) is 84.9 cm³/mol. The number of benzene rings is 1. The van der Waals surface area contributed by atoms with Crippen molar-refractivity contribution < 1.29 is 9.47 Å². The molecule has 1 aromatic carbocycles. The van der Waals surface area contributed by atoms with E-state index >= 15 is 0 Å². The molecule has 0 unspecified atom stereocenters. The molecular formula is C13H12ClIN2O3. The van der Waals surface area contributed by atoms with Crippen LogP contribution in [0.2, 0.25) is 5.15 Å². The van der Waals surface area contributed by atoms with Gasteiger partial charge in [0, 0.05) is 0 Å². The lowest BCUT2D eigenvalue weighted by atomic mass is 10.2. The first-order valence-corrected chi connectivity index (χ1v) is 7.13. The van der Waals surface area contributed by atoms with Crippen molar-refractivity contribution in [1.82, 2.24) is 9.55 Å². The van der Waals surface area contributed by atoms with Gasteiger partial charge < -0.3 is 9.47 Å². The molecule has 0 spiro atoms. The molecule has 20 heavy (non-hydrogen) atoms. The zero-order valence-corrected chi connectivity index (χ0v) is 13.8. The molecule has 0 fully saturated rings. The first kappa shape index (κ1) is 15.1. The molecule has 0 aliphatic rings. The molecule has 0 saturated heterocycles. The molecule has 1 aromatic heterocycles. The van der Waals surface area contributed by atoms with Crippen molar-refractivity contribution in [3.8, 4) is 11.5 Å². The van der Waals surface area contributed by atoms with Crippen molar-refractivity contribution in [3.63, 3.8) is 0 Å². The van der Waals surface area contributed by atoms with Crippen LogP contribution in [0.15, 0.2) is 29.3 Å². The molecule has 0 N–H and O–H groups in total. The van der Waals surface area contributed by atoms with E-state index in [1.165, 1.54) is 10.9 Å². The molecule has 0 saturated carbocycles. The van der Waals surface area contributed by atoms with Gasteiger partial charge in [-0.05, 0) is 40.3 Å². The van der Waals surface area contributed by atoms with Crippen molar-refractivity contribution in [2.45, 2.75) is 6.54 Å². The number of ether oxygens (including phenoxy) is 2. The number of hydrogen-bond acceptors (Lipinski definition) is 4. The van der Waals surface area contributed by atoms with Crippen LogP contribution in [-0.2, 0) is 6.54 Å². The average Bonchev–Trinajstić information content (AvgIpc) is 2.47. The Morgan fingerprint density at radius 1 is 1.30 bits per heavy atom. The summed E-state index contributed by atoms with van der Waals surface area (Å²) in [4.78, 5) is 16.0. The summed E-state index contributed by atoms with van der Waals surface area (Å²) in [5, 5.41) is 0.221. The average molecular weight is 407 g/mol. The van der Waals surface area contributed by atoms with Gasteiger partial charge in [-0.2, -0.15) is 0 Å². The lowest BCUT2D eigenvalue weighted by Gasteiger charge is -2.11. The van der Waals surface area contributed by atoms with E-state index < -0.39 is 0 Å². The Balaban J connectivity index is 2.36. The van der Waals surface area contributed by atoms with E-state index in [9.17, 15) is 4.79 Å². The second kappa shape index (κ2) is 6.45. The topological polar surface area (TPSA) is 53.4 Å². The van der Waals surface area contributed by atoms with Gasteiger partial charge >= 0.3 is 0 Å². The van der Waals surface area contributed by atoms with Crippen LogP contribution in [0.5, 0.6) is 11.5 Å². The maximum absolute atomic E-state index is 12.0. The van der Waals surface area contributed by atoms with Crippen LogP contribution in [-0.4, -0.2) is 23.8 Å². The van der Waals surface area contributed by atoms with E-state index in [0.29, 0.717) is 21.6 Å². The summed E-state index contributed by atoms with van der Waals surface area (Å²) >= 11 is 7.70. The minimum absolute atomic E-state index is 0.166. The quantitative estimate of drug-likeness (QED) is 0.578. The van der Waals surface area contributed by atoms with Gasteiger partial charge in [0.25, 0.3) is 5.56 Å². The Labute approximate surface area is 134 Å². The number of rotatable bonds is 4. The number of nitrogens with zero attached hydrogens (tertiary/aromatic N) is 2. The van der Waals surface area contributed by atoms with Crippen molar-refractivity contribution in [1.29, 1.82) is 0 Å². The monoisotopic (exact) mass is 406 g/mol. The predicted octanol–water partition coefficient (Wildman–Crippen LogP) is 2.57. The summed E-state index contributed by atoms with van der Waals surface area (Å²) in [7, 11) is 3.15. The second-order valence-electron chi connectivity index (χ2n) is 3.97. The van der Waals surface area contributed by atoms with Crippen LogP contribution in [0, 0.1) is 3.57 Å². The molecule has 0 amide bonds. The Morgan fingerprint density at radius 3 is 2.65 bits per heavy atom. The summed E-state index contributed by atoms with van der Waals surface area (Å²) in [6.45, 7) is 0.388. The van der Waals surface area contributed by atoms with E-state index in [1.54, 1.807) is 20.3 Å². The van der Waals surface area contributed by atoms with Crippen LogP contribution < -0.4 is 15.0 Å². The van der Waals surface area contributed by atoms with Gasteiger partial charge in [-0.25, -0.2) is 4.98 Å². The van der Waals surface area contributed by atoms with Gasteiger partial charge in [0.15, 0.2) is 11.5 Å². The summed E-state index contributed by atoms with van der Waals surface area (Å²) in [6.07, 6.45) is 1.43. The van der Waals surface area contributed by atoms with Crippen molar-refractivity contribution in [3.05, 3.63) is 49.2 Å². The molecule has 2 aromatic rings. The maximum atomic E-state index is 12.0. The zero-order valence-electron chi connectivity index (χ0n) is 10.9. The molecule has 1 heterocycles. The summed E-state index contributed by atoms with van der Waals surface area (Å²) in [5.41, 5.74) is 0.741. The van der Waals surface area contributed by atoms with Crippen molar-refractivity contribution in [2.24, 2.45) is 0 Å². The molecule has 0 bridgehead atoms. The molecule has 106 valence electrons. The SMILES string of the molecule is COc1ccc(Cn2cnc(Cl)c(I)c2=O)cc1OC. The molecule has 0 aliphatic heterocycles. The summed E-state index contributed by atoms with van der Waals surface area (Å²) in [6, 6.07) is 5.50. The summed E-state index contributed by atoms with van der Waals surface area (Å²) < 4.78 is 12.3. The zero-order chi connectivity index (χ0) is 14.7. The van der Waals surface area contributed by atoms with Crippen LogP contribution in [0.25, 0.3) is 0 Å². The molecule has 2 rings (SSSR count). The van der Waals surface area contributed by atoms with E-state index in [1.807, 2.05) is 34.7 Å². The van der Waals surface area contributed by atoms with E-state index in [-0.39, 0.29) is 10.7 Å². The van der Waals surface area contributed by atoms with Gasteiger partial charge in [0.05, 0.1) is 27.1 Å². The highest BCUT2D eigenvalue weighted by atomic mass is 127. The lowest BCUT2D eigenvalue weighted by Crippen LogP contribution is -2.23. The van der Waals surface area contributed by atoms with E-state index in [2.05, 4.69) is 4.98 Å². The standard InChI is InChI=1S/C13H12ClIN2O3/c1-19-9-4-3-8(5-10(9)20-2)6-17-7-16-12(14)11(15)13(17)18/h3-5,7H,6H2,1-2H3. The number of aromatic nitrogens is 2. The third-order valence-corrected chi connectivity index (χ3v) is 4.32. The molecule has 0 radical (unpaired) electrons. The molecule has 0 aliphatic carbocycles. The minimum atomic E-state index is -0.166. The van der Waals surface area contributed by atoms with Crippen molar-refractivity contribution in [2.75, 3.05) is 14.2 Å². The third-order valence-electron chi connectivity index (χ3n) is 2.74. The van der Waals surface area contributed by atoms with E-state index in [4.69, 9.17) is 21.1 Å². The van der Waals surface area contributed by atoms with Crippen LogP contribution in [0.1, 0.15) is 5.56 Å². The van der Waals surface area contributed by atoms with Gasteiger partial charge in [0.2, 0.25) is 0 Å². The first-order valence-electron chi connectivity index (χ1n) is 5.68. The Hall–Kier alpha value is -1.28. The molecule has 5 nitrogen and oxygen atoms in total. The largest absolute Gasteiger partial charge is 0.493 e. The maximum Gasteiger partial charge on any atom is 0.268 e. The van der Waals surface area contributed by atoms with Gasteiger partial charge in [-0.15, -0.1) is 0 Å². The Bertz CT molecular complexity index is 688. The lowest BCUT2D eigenvalue weighted by molar-refractivity contribution is 0.354. The highest BCUT2D eigenvalue weighted by molar-refractivity contribution is 14.1. The smallest absolute Gasteiger partial charge is 0.268 e. The fourth-order valence-electron chi connectivity index (χ4n) is 1.73. The highest BCUT2D eigenvalue weighted by Gasteiger charge is 2.09. The third kappa shape index (κ3) is 3.06. The Morgan fingerprint density at radius 2 is 2.00 bits per heavy atom. The summed E-state index contributed by atoms with van der Waals surface area (Å²) in [5.74, 6) is 1.27.